The van der Waals surface area contributed by atoms with E-state index in [1.165, 1.54) is 69.7 Å². The monoisotopic (exact) mass is 843 g/mol. The van der Waals surface area contributed by atoms with Crippen molar-refractivity contribution in [2.75, 3.05) is 0 Å². The van der Waals surface area contributed by atoms with Gasteiger partial charge in [0.15, 0.2) is 11.6 Å². The van der Waals surface area contributed by atoms with Gasteiger partial charge in [-0.15, -0.1) is 0 Å². The second kappa shape index (κ2) is 15.0. The van der Waals surface area contributed by atoms with Gasteiger partial charge in [-0.3, -0.25) is 4.57 Å². The Morgan fingerprint density at radius 1 is 0.477 bits per heavy atom. The summed E-state index contributed by atoms with van der Waals surface area (Å²) >= 11 is 0. The summed E-state index contributed by atoms with van der Waals surface area (Å²) in [5.74, 6) is 3.08. The Morgan fingerprint density at radius 3 is 1.62 bits per heavy atom. The normalized spacial score (nSPS) is 18.2. The molecule has 2 aliphatic carbocycles. The first-order chi connectivity index (χ1) is 31.6. The quantitative estimate of drug-likeness (QED) is 0.157. The number of hydrogen-bond donors (Lipinski definition) is 0. The molecular formula is C60H53N5. The zero-order valence-electron chi connectivity index (χ0n) is 37.9. The minimum Gasteiger partial charge on any atom is -0.309 e. The minimum atomic E-state index is 0.242. The highest BCUT2D eigenvalue weighted by Gasteiger charge is 2.45. The number of nitrogens with zero attached hydrogens (tertiary/aromatic N) is 5. The molecule has 0 amide bonds. The molecule has 0 spiro atoms. The van der Waals surface area contributed by atoms with Gasteiger partial charge in [-0.1, -0.05) is 179 Å². The third-order valence-electron chi connectivity index (χ3n) is 15.4. The van der Waals surface area contributed by atoms with Crippen LogP contribution in [0, 0.1) is 16.7 Å². The van der Waals surface area contributed by atoms with E-state index in [9.17, 15) is 0 Å². The zero-order valence-corrected chi connectivity index (χ0v) is 37.9. The molecule has 0 fully saturated rings. The second-order valence-corrected chi connectivity index (χ2v) is 19.9. The molecule has 2 atom stereocenters. The van der Waals surface area contributed by atoms with Gasteiger partial charge < -0.3 is 4.57 Å². The SMILES string of the molecule is CC1CC(C)(C)C2=C(CC(c3ccc(-n4c5ccccc5c5c6c7ccccc7n(-c7nc(-c8ccccc8)nc(-c8ccc(-c9ccccc9)cc8)n7)c6ccc54)cc3)CC2)C1(C)C. The van der Waals surface area contributed by atoms with Gasteiger partial charge in [-0.25, -0.2) is 4.98 Å². The lowest BCUT2D eigenvalue weighted by atomic mass is 9.54. The molecule has 0 N–H and O–H groups in total. The summed E-state index contributed by atoms with van der Waals surface area (Å²) < 4.78 is 4.70. The summed E-state index contributed by atoms with van der Waals surface area (Å²) in [7, 11) is 0. The Labute approximate surface area is 381 Å². The molecule has 5 nitrogen and oxygen atoms in total. The Bertz CT molecular complexity index is 3480. The van der Waals surface area contributed by atoms with Crippen LogP contribution in [0.1, 0.15) is 71.8 Å². The highest BCUT2D eigenvalue weighted by atomic mass is 15.2. The van der Waals surface area contributed by atoms with E-state index in [0.717, 1.165) is 33.1 Å². The fourth-order valence-electron chi connectivity index (χ4n) is 11.7. The number of rotatable bonds is 6. The van der Waals surface area contributed by atoms with Crippen LogP contribution in [-0.2, 0) is 0 Å². The molecule has 2 unspecified atom stereocenters. The van der Waals surface area contributed by atoms with Gasteiger partial charge in [0.25, 0.3) is 0 Å². The Hall–Kier alpha value is -7.11. The molecule has 0 saturated heterocycles. The van der Waals surface area contributed by atoms with E-state index in [4.69, 9.17) is 15.0 Å². The van der Waals surface area contributed by atoms with Gasteiger partial charge in [-0.05, 0) is 101 Å². The van der Waals surface area contributed by atoms with Crippen molar-refractivity contribution in [3.63, 3.8) is 0 Å². The lowest BCUT2D eigenvalue weighted by Crippen LogP contribution is -2.39. The van der Waals surface area contributed by atoms with E-state index in [-0.39, 0.29) is 5.41 Å². The van der Waals surface area contributed by atoms with Crippen LogP contribution in [0.3, 0.4) is 0 Å². The van der Waals surface area contributed by atoms with Gasteiger partial charge in [-0.2, -0.15) is 9.97 Å². The number of fused-ring (bicyclic) bond motifs is 7. The molecule has 0 radical (unpaired) electrons. The largest absolute Gasteiger partial charge is 0.309 e. The van der Waals surface area contributed by atoms with Crippen molar-refractivity contribution in [3.05, 3.63) is 187 Å². The Balaban J connectivity index is 0.997. The fourth-order valence-corrected chi connectivity index (χ4v) is 11.7. The van der Waals surface area contributed by atoms with E-state index in [0.29, 0.717) is 34.8 Å². The molecule has 0 saturated carbocycles. The van der Waals surface area contributed by atoms with E-state index in [1.54, 1.807) is 11.1 Å². The molecule has 12 rings (SSSR count). The van der Waals surface area contributed by atoms with Gasteiger partial charge >= 0.3 is 0 Å². The topological polar surface area (TPSA) is 48.5 Å². The van der Waals surface area contributed by atoms with Crippen molar-refractivity contribution in [1.29, 1.82) is 0 Å². The third-order valence-corrected chi connectivity index (χ3v) is 15.4. The van der Waals surface area contributed by atoms with Crippen molar-refractivity contribution < 1.29 is 0 Å². The summed E-state index contributed by atoms with van der Waals surface area (Å²) in [6.07, 6.45) is 4.88. The number of aromatic nitrogens is 5. The lowest BCUT2D eigenvalue weighted by molar-refractivity contribution is 0.154. The molecule has 5 heteroatoms. The maximum Gasteiger partial charge on any atom is 0.238 e. The minimum absolute atomic E-state index is 0.242. The predicted molar refractivity (Wildman–Crippen MR) is 270 cm³/mol. The first-order valence-corrected chi connectivity index (χ1v) is 23.4. The summed E-state index contributed by atoms with van der Waals surface area (Å²) in [4.78, 5) is 15.6. The molecular weight excluding hydrogens is 791 g/mol. The van der Waals surface area contributed by atoms with E-state index >= 15 is 0 Å². The summed E-state index contributed by atoms with van der Waals surface area (Å²) in [6.45, 7) is 12.4. The van der Waals surface area contributed by atoms with Crippen molar-refractivity contribution in [2.24, 2.45) is 16.7 Å². The van der Waals surface area contributed by atoms with Crippen LogP contribution in [-0.4, -0.2) is 24.1 Å². The number of para-hydroxylation sites is 2. The van der Waals surface area contributed by atoms with Crippen LogP contribution in [0.25, 0.3) is 89.2 Å². The second-order valence-electron chi connectivity index (χ2n) is 19.9. The van der Waals surface area contributed by atoms with Crippen LogP contribution in [0.15, 0.2) is 181 Å². The maximum atomic E-state index is 5.29. The lowest BCUT2D eigenvalue weighted by Gasteiger charge is -2.51. The molecule has 10 aromatic rings. The van der Waals surface area contributed by atoms with Gasteiger partial charge in [0.05, 0.1) is 22.1 Å². The van der Waals surface area contributed by atoms with Gasteiger partial charge in [0.2, 0.25) is 5.95 Å². The van der Waals surface area contributed by atoms with Crippen molar-refractivity contribution in [1.82, 2.24) is 24.1 Å². The number of benzene rings is 7. The van der Waals surface area contributed by atoms with E-state index < -0.39 is 0 Å². The van der Waals surface area contributed by atoms with Crippen LogP contribution in [0.2, 0.25) is 0 Å². The third kappa shape index (κ3) is 6.38. The fraction of sp³-hybridized carbons (Fsp3) is 0.217. The highest BCUT2D eigenvalue weighted by molar-refractivity contribution is 6.28. The summed E-state index contributed by atoms with van der Waals surface area (Å²) in [5, 5.41) is 4.81. The number of hydrogen-bond acceptors (Lipinski definition) is 3. The van der Waals surface area contributed by atoms with Crippen LogP contribution < -0.4 is 0 Å². The Kier molecular flexibility index (Phi) is 9.10. The average molecular weight is 844 g/mol. The van der Waals surface area contributed by atoms with Crippen molar-refractivity contribution >= 4 is 43.6 Å². The molecule has 318 valence electrons. The molecule has 2 aliphatic rings. The van der Waals surface area contributed by atoms with Gasteiger partial charge in [0, 0.05) is 38.4 Å². The summed E-state index contributed by atoms with van der Waals surface area (Å²) in [6, 6.07) is 60.9. The Morgan fingerprint density at radius 2 is 0.985 bits per heavy atom. The summed E-state index contributed by atoms with van der Waals surface area (Å²) in [5.41, 5.74) is 15.3. The predicted octanol–water partition coefficient (Wildman–Crippen LogP) is 15.7. The van der Waals surface area contributed by atoms with Crippen LogP contribution in [0.4, 0.5) is 0 Å². The molecule has 0 aliphatic heterocycles. The van der Waals surface area contributed by atoms with Crippen LogP contribution in [0.5, 0.6) is 0 Å². The first kappa shape index (κ1) is 39.5. The number of allylic oxidation sites excluding steroid dienone is 2. The smallest absolute Gasteiger partial charge is 0.238 e. The van der Waals surface area contributed by atoms with E-state index in [2.05, 4.69) is 189 Å². The van der Waals surface area contributed by atoms with Crippen molar-refractivity contribution in [2.45, 2.75) is 66.2 Å². The first-order valence-electron chi connectivity index (χ1n) is 23.4. The van der Waals surface area contributed by atoms with Gasteiger partial charge in [0.1, 0.15) is 0 Å². The maximum absolute atomic E-state index is 5.29. The molecule has 7 aromatic carbocycles. The molecule has 3 heterocycles. The van der Waals surface area contributed by atoms with Crippen molar-refractivity contribution in [3.8, 4) is 45.5 Å². The average Bonchev–Trinajstić information content (AvgIpc) is 3.87. The molecule has 3 aromatic heterocycles. The van der Waals surface area contributed by atoms with Crippen LogP contribution >= 0.6 is 0 Å². The van der Waals surface area contributed by atoms with E-state index in [1.807, 2.05) is 24.3 Å². The zero-order chi connectivity index (χ0) is 44.0. The highest BCUT2D eigenvalue weighted by Crippen LogP contribution is 2.58. The molecule has 0 bridgehead atoms. The standard InChI is InChI=1S/C60H53N5/c1-38-37-59(2,3)48-33-30-44(36-49(48)60(38,4)5)41-28-31-45(32-29-41)64-50-22-14-12-20-46(50)54-52(64)34-35-53-55(54)47-21-13-15-23-51(47)65(53)58-62-56(42-18-10-7-11-19-42)61-57(63-58)43-26-24-40(25-27-43)39-16-8-6-9-17-39/h6-29,31-32,34-35,38,44H,30,33,36-37H2,1-5H3. The molecule has 65 heavy (non-hydrogen) atoms.